The fraction of sp³-hybridized carbons (Fsp3) is 0.400. The molecule has 2 aliphatic rings. The minimum atomic E-state index is -3.27. The molecule has 0 aliphatic heterocycles. The average Bonchev–Trinajstić information content (AvgIpc) is 3.08. The fourth-order valence-corrected chi connectivity index (χ4v) is 6.88. The molecule has 0 unspecified atom stereocenters. The molecule has 0 amide bonds. The van der Waals surface area contributed by atoms with Crippen LogP contribution in [0.25, 0.3) is 22.3 Å². The van der Waals surface area contributed by atoms with Crippen LogP contribution in [0.4, 0.5) is 30.7 Å². The molecule has 0 radical (unpaired) electrons. The Hall–Kier alpha value is -4.01. The first kappa shape index (κ1) is 36.3. The fourth-order valence-electron chi connectivity index (χ4n) is 6.88. The Bertz CT molecular complexity index is 1620. The van der Waals surface area contributed by atoms with Crippen molar-refractivity contribution in [3.05, 3.63) is 107 Å². The first-order valence-electron chi connectivity index (χ1n) is 16.9. The number of ether oxygens (including phenoxy) is 2. The Labute approximate surface area is 283 Å². The van der Waals surface area contributed by atoms with E-state index in [0.717, 1.165) is 42.4 Å². The van der Waals surface area contributed by atoms with Crippen molar-refractivity contribution in [2.24, 2.45) is 11.8 Å². The summed E-state index contributed by atoms with van der Waals surface area (Å²) in [5, 5.41) is 0. The average molecular weight is 687 g/mol. The number of benzene rings is 4. The SMILES string of the molecule is CC1CCC(c2ccc(-c3cc(F)c(OC(F)F)c(F)c3)cc2)CC1.CC1CCC(c2ccc(-c3ccc(OC(F)F)c(F)c3)cc2)CC1. The van der Waals surface area contributed by atoms with E-state index in [1.807, 2.05) is 36.4 Å². The second kappa shape index (κ2) is 16.6. The summed E-state index contributed by atoms with van der Waals surface area (Å²) >= 11 is 0. The molecule has 0 saturated heterocycles. The summed E-state index contributed by atoms with van der Waals surface area (Å²) in [5.74, 6) is -1.81. The molecule has 0 bridgehead atoms. The van der Waals surface area contributed by atoms with Gasteiger partial charge in [-0.15, -0.1) is 0 Å². The minimum absolute atomic E-state index is 0.292. The van der Waals surface area contributed by atoms with Crippen molar-refractivity contribution in [2.45, 2.75) is 90.3 Å². The van der Waals surface area contributed by atoms with E-state index in [4.69, 9.17) is 0 Å². The quantitative estimate of drug-likeness (QED) is 0.172. The molecule has 0 N–H and O–H groups in total. The Balaban J connectivity index is 0.000000191. The van der Waals surface area contributed by atoms with E-state index in [-0.39, 0.29) is 0 Å². The lowest BCUT2D eigenvalue weighted by molar-refractivity contribution is -0.0547. The van der Waals surface area contributed by atoms with Crippen LogP contribution < -0.4 is 9.47 Å². The van der Waals surface area contributed by atoms with Crippen molar-refractivity contribution in [1.82, 2.24) is 0 Å². The van der Waals surface area contributed by atoms with Gasteiger partial charge < -0.3 is 9.47 Å². The lowest BCUT2D eigenvalue weighted by Gasteiger charge is -2.26. The van der Waals surface area contributed by atoms with Crippen LogP contribution in [-0.2, 0) is 0 Å². The maximum atomic E-state index is 13.9. The molecular formula is C40H41F7O2. The molecular weight excluding hydrogens is 645 g/mol. The van der Waals surface area contributed by atoms with Crippen LogP contribution in [-0.4, -0.2) is 13.2 Å². The maximum absolute atomic E-state index is 13.9. The molecule has 4 aromatic carbocycles. The van der Waals surface area contributed by atoms with Gasteiger partial charge >= 0.3 is 13.2 Å². The second-order valence-corrected chi connectivity index (χ2v) is 13.3. The van der Waals surface area contributed by atoms with Gasteiger partial charge in [0.15, 0.2) is 29.0 Å². The highest BCUT2D eigenvalue weighted by atomic mass is 19.3. The van der Waals surface area contributed by atoms with Crippen LogP contribution in [0, 0.1) is 29.3 Å². The second-order valence-electron chi connectivity index (χ2n) is 13.3. The van der Waals surface area contributed by atoms with Gasteiger partial charge in [0.25, 0.3) is 0 Å². The molecule has 0 aromatic heterocycles. The first-order valence-corrected chi connectivity index (χ1v) is 16.9. The van der Waals surface area contributed by atoms with Gasteiger partial charge in [0.05, 0.1) is 0 Å². The third-order valence-corrected chi connectivity index (χ3v) is 9.82. The number of hydrogen-bond donors (Lipinski definition) is 0. The lowest BCUT2D eigenvalue weighted by Crippen LogP contribution is -2.10. The molecule has 0 atom stereocenters. The van der Waals surface area contributed by atoms with Gasteiger partial charge in [-0.1, -0.05) is 94.1 Å². The van der Waals surface area contributed by atoms with E-state index >= 15 is 0 Å². The van der Waals surface area contributed by atoms with Crippen LogP contribution in [0.5, 0.6) is 11.5 Å². The standard InChI is InChI=1S/C20H20F4O.C20H21F3O/c1-12-2-4-13(5-3-12)14-6-8-15(9-7-14)16-10-17(21)19(18(22)11-16)25-20(23)24;1-13-2-4-14(5-3-13)15-6-8-16(9-7-15)17-10-11-19(18(21)12-17)24-20(22)23/h6-13,20H,2-5H2,1H3;6-14,20H,2-5H2,1H3. The van der Waals surface area contributed by atoms with Crippen molar-refractivity contribution in [3.8, 4) is 33.8 Å². The monoisotopic (exact) mass is 686 g/mol. The van der Waals surface area contributed by atoms with Gasteiger partial charge in [-0.05, 0) is 107 Å². The summed E-state index contributed by atoms with van der Waals surface area (Å²) < 4.78 is 98.3. The van der Waals surface area contributed by atoms with Crippen LogP contribution in [0.2, 0.25) is 0 Å². The molecule has 2 nitrogen and oxygen atoms in total. The van der Waals surface area contributed by atoms with Gasteiger partial charge in [0, 0.05) is 0 Å². The predicted molar refractivity (Wildman–Crippen MR) is 178 cm³/mol. The van der Waals surface area contributed by atoms with Crippen LogP contribution >= 0.6 is 0 Å². The number of rotatable bonds is 8. The van der Waals surface area contributed by atoms with Gasteiger partial charge in [0.1, 0.15) is 0 Å². The molecule has 49 heavy (non-hydrogen) atoms. The van der Waals surface area contributed by atoms with E-state index in [9.17, 15) is 30.7 Å². The van der Waals surface area contributed by atoms with Crippen LogP contribution in [0.3, 0.4) is 0 Å². The molecule has 2 aliphatic carbocycles. The number of halogens is 7. The topological polar surface area (TPSA) is 18.5 Å². The van der Waals surface area contributed by atoms with Gasteiger partial charge in [-0.3, -0.25) is 0 Å². The van der Waals surface area contributed by atoms with E-state index in [0.29, 0.717) is 28.5 Å². The Kier molecular flexibility index (Phi) is 12.3. The van der Waals surface area contributed by atoms with Crippen molar-refractivity contribution < 1.29 is 40.2 Å². The largest absolute Gasteiger partial charge is 0.432 e. The van der Waals surface area contributed by atoms with E-state index in [1.54, 1.807) is 6.07 Å². The first-order chi connectivity index (χ1) is 23.5. The van der Waals surface area contributed by atoms with Crippen molar-refractivity contribution >= 4 is 0 Å². The van der Waals surface area contributed by atoms with E-state index < -0.39 is 42.2 Å². The van der Waals surface area contributed by atoms with E-state index in [1.165, 1.54) is 61.8 Å². The number of alkyl halides is 4. The van der Waals surface area contributed by atoms with Crippen molar-refractivity contribution in [2.75, 3.05) is 0 Å². The summed E-state index contributed by atoms with van der Waals surface area (Å²) in [6.45, 7) is -1.73. The normalized spacial score (nSPS) is 20.9. The highest BCUT2D eigenvalue weighted by molar-refractivity contribution is 5.66. The molecule has 0 heterocycles. The smallest absolute Gasteiger partial charge is 0.387 e. The predicted octanol–water partition coefficient (Wildman–Crippen LogP) is 12.9. The molecule has 4 aromatic rings. The molecule has 6 rings (SSSR count). The van der Waals surface area contributed by atoms with Gasteiger partial charge in [-0.2, -0.15) is 17.6 Å². The van der Waals surface area contributed by atoms with Crippen LogP contribution in [0.15, 0.2) is 78.9 Å². The molecule has 262 valence electrons. The zero-order chi connectivity index (χ0) is 35.1. The van der Waals surface area contributed by atoms with Crippen LogP contribution in [0.1, 0.15) is 88.2 Å². The molecule has 2 fully saturated rings. The lowest BCUT2D eigenvalue weighted by atomic mass is 9.79. The summed E-state index contributed by atoms with van der Waals surface area (Å²) in [4.78, 5) is 0. The minimum Gasteiger partial charge on any atom is -0.432 e. The Morgan fingerprint density at radius 1 is 0.469 bits per heavy atom. The summed E-state index contributed by atoms with van der Waals surface area (Å²) in [7, 11) is 0. The number of hydrogen-bond acceptors (Lipinski definition) is 2. The summed E-state index contributed by atoms with van der Waals surface area (Å²) in [5.41, 5.74) is 5.00. The molecule has 2 saturated carbocycles. The van der Waals surface area contributed by atoms with E-state index in [2.05, 4.69) is 35.5 Å². The van der Waals surface area contributed by atoms with Crippen molar-refractivity contribution in [1.29, 1.82) is 0 Å². The Morgan fingerprint density at radius 3 is 1.27 bits per heavy atom. The van der Waals surface area contributed by atoms with Crippen molar-refractivity contribution in [3.63, 3.8) is 0 Å². The molecule has 9 heteroatoms. The zero-order valence-electron chi connectivity index (χ0n) is 27.6. The maximum Gasteiger partial charge on any atom is 0.387 e. The Morgan fingerprint density at radius 2 is 0.857 bits per heavy atom. The molecule has 0 spiro atoms. The van der Waals surface area contributed by atoms with Gasteiger partial charge in [-0.25, -0.2) is 13.2 Å². The zero-order valence-corrected chi connectivity index (χ0v) is 27.6. The highest BCUT2D eigenvalue weighted by Crippen LogP contribution is 2.38. The summed E-state index contributed by atoms with van der Waals surface area (Å²) in [6, 6.07) is 21.8. The third kappa shape index (κ3) is 9.79. The third-order valence-electron chi connectivity index (χ3n) is 9.82. The summed E-state index contributed by atoms with van der Waals surface area (Å²) in [6.07, 6.45) is 9.71. The van der Waals surface area contributed by atoms with Gasteiger partial charge in [0.2, 0.25) is 0 Å². The highest BCUT2D eigenvalue weighted by Gasteiger charge is 2.22.